The number of hydrogen-bond donors (Lipinski definition) is 0. The van der Waals surface area contributed by atoms with Gasteiger partial charge in [-0.25, -0.2) is 0 Å². The average molecular weight is 346 g/mol. The van der Waals surface area contributed by atoms with Crippen LogP contribution in [0.1, 0.15) is 41.3 Å². The van der Waals surface area contributed by atoms with Crippen molar-refractivity contribution in [1.29, 1.82) is 0 Å². The maximum atomic E-state index is 13.1. The third kappa shape index (κ3) is 3.03. The van der Waals surface area contributed by atoms with Crippen LogP contribution < -0.4 is 9.80 Å². The molecule has 3 nitrogen and oxygen atoms in total. The lowest BCUT2D eigenvalue weighted by atomic mass is 9.93. The van der Waals surface area contributed by atoms with E-state index in [0.29, 0.717) is 5.92 Å². The van der Waals surface area contributed by atoms with E-state index in [1.807, 2.05) is 37.4 Å². The first-order valence-corrected chi connectivity index (χ1v) is 9.52. The van der Waals surface area contributed by atoms with Crippen molar-refractivity contribution in [2.45, 2.75) is 26.7 Å². The number of benzene rings is 2. The number of hydrogen-bond acceptors (Lipinski definition) is 2. The molecule has 0 aromatic heterocycles. The van der Waals surface area contributed by atoms with Gasteiger partial charge in [0.25, 0.3) is 5.91 Å². The topological polar surface area (TPSA) is 23.6 Å². The number of allylic oxidation sites excluding steroid dienone is 1. The second-order valence-electron chi connectivity index (χ2n) is 7.40. The van der Waals surface area contributed by atoms with Crippen LogP contribution in [-0.4, -0.2) is 26.0 Å². The van der Waals surface area contributed by atoms with Gasteiger partial charge in [-0.15, -0.1) is 0 Å². The van der Waals surface area contributed by atoms with E-state index in [9.17, 15) is 4.79 Å². The zero-order valence-corrected chi connectivity index (χ0v) is 15.8. The lowest BCUT2D eigenvalue weighted by molar-refractivity contribution is 0.0993. The van der Waals surface area contributed by atoms with Crippen LogP contribution in [0.5, 0.6) is 0 Å². The minimum absolute atomic E-state index is 0.0421. The molecule has 0 atom stereocenters. The fourth-order valence-electron chi connectivity index (χ4n) is 3.75. The van der Waals surface area contributed by atoms with Gasteiger partial charge < -0.3 is 9.80 Å². The van der Waals surface area contributed by atoms with Crippen LogP contribution in [0, 0.1) is 12.8 Å². The highest BCUT2D eigenvalue weighted by Crippen LogP contribution is 2.46. The molecule has 4 rings (SSSR count). The van der Waals surface area contributed by atoms with E-state index in [2.05, 4.69) is 37.0 Å². The lowest BCUT2D eigenvalue weighted by Gasteiger charge is -2.30. The summed E-state index contributed by atoms with van der Waals surface area (Å²) in [5, 5.41) is 0. The zero-order chi connectivity index (χ0) is 18.3. The molecule has 1 heterocycles. The summed E-state index contributed by atoms with van der Waals surface area (Å²) in [4.78, 5) is 17.2. The van der Waals surface area contributed by atoms with Crippen molar-refractivity contribution in [2.75, 3.05) is 29.9 Å². The Bertz CT molecular complexity index is 862. The maximum absolute atomic E-state index is 13.1. The summed E-state index contributed by atoms with van der Waals surface area (Å²) in [7, 11) is 1.85. The van der Waals surface area contributed by atoms with E-state index < -0.39 is 0 Å². The van der Waals surface area contributed by atoms with Gasteiger partial charge in [0.05, 0.1) is 0 Å². The Kier molecular flexibility index (Phi) is 4.31. The summed E-state index contributed by atoms with van der Waals surface area (Å²) < 4.78 is 0. The molecule has 1 aliphatic heterocycles. The number of aryl methyl sites for hydroxylation is 1. The molecule has 2 aromatic carbocycles. The largest absolute Gasteiger partial charge is 0.368 e. The molecular formula is C23H26N2O. The number of anilines is 2. The van der Waals surface area contributed by atoms with Gasteiger partial charge >= 0.3 is 0 Å². The van der Waals surface area contributed by atoms with Crippen molar-refractivity contribution in [3.63, 3.8) is 0 Å². The molecule has 1 saturated carbocycles. The van der Waals surface area contributed by atoms with Crippen molar-refractivity contribution >= 4 is 22.9 Å². The summed E-state index contributed by atoms with van der Waals surface area (Å²) >= 11 is 0. The van der Waals surface area contributed by atoms with E-state index >= 15 is 0 Å². The third-order valence-electron chi connectivity index (χ3n) is 5.55. The van der Waals surface area contributed by atoms with Crippen LogP contribution in [-0.2, 0) is 0 Å². The number of amides is 1. The smallest absolute Gasteiger partial charge is 0.258 e. The summed E-state index contributed by atoms with van der Waals surface area (Å²) in [6.45, 7) is 6.20. The molecule has 134 valence electrons. The van der Waals surface area contributed by atoms with Gasteiger partial charge in [0.15, 0.2) is 0 Å². The van der Waals surface area contributed by atoms with E-state index in [1.54, 1.807) is 4.90 Å². The lowest BCUT2D eigenvalue weighted by Crippen LogP contribution is -2.29. The molecule has 1 fully saturated rings. The number of carbonyl (C=O) groups is 1. The van der Waals surface area contributed by atoms with Crippen LogP contribution in [0.4, 0.5) is 11.4 Å². The molecule has 0 saturated heterocycles. The van der Waals surface area contributed by atoms with Gasteiger partial charge in [-0.05, 0) is 68.5 Å². The van der Waals surface area contributed by atoms with E-state index in [1.165, 1.54) is 35.2 Å². The molecule has 26 heavy (non-hydrogen) atoms. The molecule has 0 spiro atoms. The fourth-order valence-corrected chi connectivity index (χ4v) is 3.75. The predicted octanol–water partition coefficient (Wildman–Crippen LogP) is 4.90. The SMILES string of the molecule is CCN1CC=C(C2CC2)c2cc(C(=O)N(C)c3ccc(C)cc3)ccc21. The van der Waals surface area contributed by atoms with Gasteiger partial charge in [0, 0.05) is 42.6 Å². The number of fused-ring (bicyclic) bond motifs is 1. The van der Waals surface area contributed by atoms with Crippen LogP contribution in [0.3, 0.4) is 0 Å². The molecule has 3 heteroatoms. The fraction of sp³-hybridized carbons (Fsp3) is 0.348. The van der Waals surface area contributed by atoms with Crippen LogP contribution in [0.2, 0.25) is 0 Å². The van der Waals surface area contributed by atoms with Crippen LogP contribution >= 0.6 is 0 Å². The summed E-state index contributed by atoms with van der Waals surface area (Å²) in [5.41, 5.74) is 6.84. The quantitative estimate of drug-likeness (QED) is 0.786. The molecule has 1 aliphatic carbocycles. The molecule has 0 radical (unpaired) electrons. The summed E-state index contributed by atoms with van der Waals surface area (Å²) in [5.74, 6) is 0.730. The Balaban J connectivity index is 1.67. The van der Waals surface area contributed by atoms with Gasteiger partial charge in [-0.1, -0.05) is 23.8 Å². The normalized spacial score (nSPS) is 16.1. The van der Waals surface area contributed by atoms with Gasteiger partial charge in [0.2, 0.25) is 0 Å². The van der Waals surface area contributed by atoms with Crippen LogP contribution in [0.15, 0.2) is 48.5 Å². The van der Waals surface area contributed by atoms with Gasteiger partial charge in [-0.3, -0.25) is 4.79 Å². The molecule has 0 unspecified atom stereocenters. The Morgan fingerprint density at radius 2 is 1.88 bits per heavy atom. The second-order valence-corrected chi connectivity index (χ2v) is 7.40. The first-order chi connectivity index (χ1) is 12.6. The maximum Gasteiger partial charge on any atom is 0.258 e. The predicted molar refractivity (Wildman–Crippen MR) is 109 cm³/mol. The van der Waals surface area contributed by atoms with E-state index in [4.69, 9.17) is 0 Å². The van der Waals surface area contributed by atoms with Crippen molar-refractivity contribution in [3.8, 4) is 0 Å². The molecule has 2 aromatic rings. The molecule has 0 bridgehead atoms. The van der Waals surface area contributed by atoms with Gasteiger partial charge in [-0.2, -0.15) is 0 Å². The molecular weight excluding hydrogens is 320 g/mol. The minimum Gasteiger partial charge on any atom is -0.368 e. The highest BCUT2D eigenvalue weighted by Gasteiger charge is 2.31. The van der Waals surface area contributed by atoms with Gasteiger partial charge in [0.1, 0.15) is 0 Å². The van der Waals surface area contributed by atoms with Crippen LogP contribution in [0.25, 0.3) is 5.57 Å². The van der Waals surface area contributed by atoms with Crippen molar-refractivity contribution < 1.29 is 4.79 Å². The summed E-state index contributed by atoms with van der Waals surface area (Å²) in [6, 6.07) is 14.3. The number of likely N-dealkylation sites (N-methyl/N-ethyl adjacent to an activating group) is 1. The number of rotatable bonds is 4. The zero-order valence-electron chi connectivity index (χ0n) is 15.8. The Morgan fingerprint density at radius 3 is 2.54 bits per heavy atom. The third-order valence-corrected chi connectivity index (χ3v) is 5.55. The standard InChI is InChI=1S/C23H26N2O/c1-4-25-14-13-20(17-7-8-17)21-15-18(9-12-22(21)25)23(26)24(3)19-10-5-16(2)6-11-19/h5-6,9-13,15,17H,4,7-8,14H2,1-3H3. The Hall–Kier alpha value is -2.55. The van der Waals surface area contributed by atoms with E-state index in [0.717, 1.165) is 24.3 Å². The first kappa shape index (κ1) is 16.9. The molecule has 2 aliphatic rings. The number of carbonyl (C=O) groups excluding carboxylic acids is 1. The van der Waals surface area contributed by atoms with Crippen molar-refractivity contribution in [1.82, 2.24) is 0 Å². The molecule has 1 amide bonds. The first-order valence-electron chi connectivity index (χ1n) is 9.52. The highest BCUT2D eigenvalue weighted by atomic mass is 16.2. The van der Waals surface area contributed by atoms with Crippen molar-refractivity contribution in [2.24, 2.45) is 5.92 Å². The Labute approximate surface area is 155 Å². The van der Waals surface area contributed by atoms with Crippen molar-refractivity contribution in [3.05, 3.63) is 65.2 Å². The van der Waals surface area contributed by atoms with E-state index in [-0.39, 0.29) is 5.91 Å². The highest BCUT2D eigenvalue weighted by molar-refractivity contribution is 6.06. The monoisotopic (exact) mass is 346 g/mol. The average Bonchev–Trinajstić information content (AvgIpc) is 3.51. The molecule has 0 N–H and O–H groups in total. The minimum atomic E-state index is 0.0421. The number of nitrogens with zero attached hydrogens (tertiary/aromatic N) is 2. The second kappa shape index (κ2) is 6.64. The summed E-state index contributed by atoms with van der Waals surface area (Å²) in [6.07, 6.45) is 4.92. The Morgan fingerprint density at radius 1 is 1.15 bits per heavy atom.